The fraction of sp³-hybridized carbons (Fsp3) is 0.250. The van der Waals surface area contributed by atoms with E-state index < -0.39 is 5.97 Å². The molecule has 0 radical (unpaired) electrons. The van der Waals surface area contributed by atoms with Gasteiger partial charge in [-0.2, -0.15) is 0 Å². The van der Waals surface area contributed by atoms with Crippen molar-refractivity contribution in [3.63, 3.8) is 0 Å². The first-order valence-electron chi connectivity index (χ1n) is 3.39. The third kappa shape index (κ3) is 3.87. The Morgan fingerprint density at radius 3 is 2.69 bits per heavy atom. The zero-order valence-corrected chi connectivity index (χ0v) is 9.61. The molecule has 0 saturated carbocycles. The maximum Gasteiger partial charge on any atom is 1.00 e. The normalized spacial score (nSPS) is 9.00. The van der Waals surface area contributed by atoms with Crippen LogP contribution < -0.4 is 34.7 Å². The molecule has 0 aliphatic carbocycles. The zero-order valence-electron chi connectivity index (χ0n) is 7.61. The van der Waals surface area contributed by atoms with E-state index in [9.17, 15) is 9.90 Å². The summed E-state index contributed by atoms with van der Waals surface area (Å²) in [5.74, 6) is -1.26. The Hall–Kier alpha value is -0.420. The van der Waals surface area contributed by atoms with Crippen molar-refractivity contribution in [2.24, 2.45) is 0 Å². The minimum Gasteiger partial charge on any atom is -0.543 e. The fourth-order valence-electron chi connectivity index (χ4n) is 0.797. The van der Waals surface area contributed by atoms with Crippen molar-refractivity contribution in [3.8, 4) is 0 Å². The van der Waals surface area contributed by atoms with Crippen molar-refractivity contribution in [2.75, 3.05) is 7.11 Å². The molecule has 1 rings (SSSR count). The van der Waals surface area contributed by atoms with Gasteiger partial charge in [-0.1, -0.05) is 6.07 Å². The summed E-state index contributed by atoms with van der Waals surface area (Å²) >= 11 is 0. The molecule has 0 aromatic carbocycles. The maximum absolute atomic E-state index is 10.3. The van der Waals surface area contributed by atoms with E-state index in [1.807, 2.05) is 0 Å². The average Bonchev–Trinajstić information content (AvgIpc) is 2.06. The number of aromatic carboxylic acids is 1. The maximum atomic E-state index is 10.3. The van der Waals surface area contributed by atoms with E-state index in [1.165, 1.54) is 12.3 Å². The van der Waals surface area contributed by atoms with Gasteiger partial charge in [0.05, 0.1) is 18.3 Å². The number of hydrogen-bond donors (Lipinski definition) is 0. The number of methoxy groups -OCH3 is 1. The van der Waals surface area contributed by atoms with Gasteiger partial charge in [0.25, 0.3) is 0 Å². The number of carboxylic acids is 1. The smallest absolute Gasteiger partial charge is 0.543 e. The van der Waals surface area contributed by atoms with Gasteiger partial charge in [0, 0.05) is 13.3 Å². The summed E-state index contributed by atoms with van der Waals surface area (Å²) in [6.45, 7) is 0.431. The predicted octanol–water partition coefficient (Wildman–Crippen LogP) is -3.40. The molecular formula is C8H8NNaO3. The third-order valence-electron chi connectivity index (χ3n) is 1.34. The van der Waals surface area contributed by atoms with Crippen LogP contribution in [0.2, 0.25) is 0 Å². The second-order valence-corrected chi connectivity index (χ2v) is 2.27. The van der Waals surface area contributed by atoms with Crippen molar-refractivity contribution in [1.29, 1.82) is 0 Å². The van der Waals surface area contributed by atoms with E-state index in [0.29, 0.717) is 6.61 Å². The van der Waals surface area contributed by atoms with Gasteiger partial charge in [-0.05, 0) is 11.6 Å². The summed E-state index contributed by atoms with van der Waals surface area (Å²) in [5.41, 5.74) is 0.775. The predicted molar refractivity (Wildman–Crippen MR) is 39.3 cm³/mol. The van der Waals surface area contributed by atoms with Gasteiger partial charge in [0.15, 0.2) is 0 Å². The van der Waals surface area contributed by atoms with Crippen LogP contribution in [0.1, 0.15) is 16.1 Å². The zero-order chi connectivity index (χ0) is 8.97. The Balaban J connectivity index is 0.00000144. The minimum absolute atomic E-state index is 0. The monoisotopic (exact) mass is 189 g/mol. The number of rotatable bonds is 3. The van der Waals surface area contributed by atoms with Crippen LogP contribution in [0.3, 0.4) is 0 Å². The number of aromatic nitrogens is 1. The molecule has 0 N–H and O–H groups in total. The summed E-state index contributed by atoms with van der Waals surface area (Å²) in [6.07, 6.45) is 1.45. The molecule has 0 aliphatic heterocycles. The summed E-state index contributed by atoms with van der Waals surface area (Å²) in [4.78, 5) is 13.9. The van der Waals surface area contributed by atoms with E-state index in [1.54, 1.807) is 13.2 Å². The molecule has 0 spiro atoms. The van der Waals surface area contributed by atoms with E-state index in [-0.39, 0.29) is 35.3 Å². The largest absolute Gasteiger partial charge is 1.00 e. The van der Waals surface area contributed by atoms with Crippen LogP contribution in [0, 0.1) is 0 Å². The Bertz CT molecular complexity index is 273. The average molecular weight is 189 g/mol. The van der Waals surface area contributed by atoms with Gasteiger partial charge in [0.2, 0.25) is 0 Å². The molecule has 0 bridgehead atoms. The summed E-state index contributed by atoms with van der Waals surface area (Å²) in [7, 11) is 1.56. The molecule has 0 atom stereocenters. The van der Waals surface area contributed by atoms with Gasteiger partial charge < -0.3 is 14.6 Å². The van der Waals surface area contributed by atoms with Crippen LogP contribution in [0.5, 0.6) is 0 Å². The molecule has 13 heavy (non-hydrogen) atoms. The van der Waals surface area contributed by atoms with Crippen LogP contribution in [-0.2, 0) is 11.3 Å². The number of nitrogens with zero attached hydrogens (tertiary/aromatic N) is 1. The number of pyridine rings is 1. The first-order valence-corrected chi connectivity index (χ1v) is 3.39. The number of carboxylic acid groups (broad SMARTS) is 1. The Morgan fingerprint density at radius 2 is 2.31 bits per heavy atom. The van der Waals surface area contributed by atoms with Crippen LogP contribution in [0.25, 0.3) is 0 Å². The molecule has 4 nitrogen and oxygen atoms in total. The van der Waals surface area contributed by atoms with Crippen molar-refractivity contribution >= 4 is 5.97 Å². The van der Waals surface area contributed by atoms with E-state index >= 15 is 0 Å². The number of hydrogen-bond acceptors (Lipinski definition) is 4. The third-order valence-corrected chi connectivity index (χ3v) is 1.34. The molecule has 1 heterocycles. The second kappa shape index (κ2) is 6.10. The van der Waals surface area contributed by atoms with Crippen molar-refractivity contribution in [2.45, 2.75) is 6.61 Å². The second-order valence-electron chi connectivity index (χ2n) is 2.27. The van der Waals surface area contributed by atoms with Crippen molar-refractivity contribution in [1.82, 2.24) is 4.98 Å². The minimum atomic E-state index is -1.26. The van der Waals surface area contributed by atoms with Gasteiger partial charge in [-0.25, -0.2) is 0 Å². The molecule has 5 heteroatoms. The van der Waals surface area contributed by atoms with Crippen LogP contribution >= 0.6 is 0 Å². The van der Waals surface area contributed by atoms with Gasteiger partial charge >= 0.3 is 29.6 Å². The van der Waals surface area contributed by atoms with Crippen molar-refractivity contribution in [3.05, 3.63) is 29.6 Å². The van der Waals surface area contributed by atoms with Gasteiger partial charge in [0.1, 0.15) is 0 Å². The van der Waals surface area contributed by atoms with Crippen molar-refractivity contribution < 1.29 is 44.2 Å². The topological polar surface area (TPSA) is 62.2 Å². The molecule has 0 fully saturated rings. The van der Waals surface area contributed by atoms with Gasteiger partial charge in [-0.3, -0.25) is 4.98 Å². The first kappa shape index (κ1) is 12.6. The van der Waals surface area contributed by atoms with Gasteiger partial charge in [-0.15, -0.1) is 0 Å². The number of carbonyl (C=O) groups is 1. The molecule has 64 valence electrons. The molecule has 0 amide bonds. The summed E-state index contributed by atoms with van der Waals surface area (Å²) in [5, 5.41) is 10.3. The quantitative estimate of drug-likeness (QED) is 0.465. The molecule has 0 unspecified atom stereocenters. The molecular weight excluding hydrogens is 181 g/mol. The molecule has 0 saturated heterocycles. The molecule has 0 aliphatic rings. The fourth-order valence-corrected chi connectivity index (χ4v) is 0.797. The van der Waals surface area contributed by atoms with Crippen LogP contribution in [-0.4, -0.2) is 18.1 Å². The Labute approximate surface area is 98.2 Å². The number of carbonyl (C=O) groups excluding carboxylic acids is 1. The Kier molecular flexibility index (Phi) is 5.90. The van der Waals surface area contributed by atoms with E-state index in [4.69, 9.17) is 4.74 Å². The Morgan fingerprint density at radius 1 is 1.62 bits per heavy atom. The van der Waals surface area contributed by atoms with E-state index in [2.05, 4.69) is 4.98 Å². The number of ether oxygens (including phenoxy) is 1. The standard InChI is InChI=1S/C8H9NO3.Na/c1-12-5-6-2-3-7(8(10)11)9-4-6;/h2-4H,5H2,1H3,(H,10,11);/q;+1/p-1. The van der Waals surface area contributed by atoms with Crippen LogP contribution in [0.4, 0.5) is 0 Å². The van der Waals surface area contributed by atoms with E-state index in [0.717, 1.165) is 5.56 Å². The SMILES string of the molecule is COCc1ccc(C(=O)[O-])nc1.[Na+]. The first-order chi connectivity index (χ1) is 5.74. The molecule has 1 aromatic rings. The summed E-state index contributed by atoms with van der Waals surface area (Å²) < 4.78 is 4.83. The summed E-state index contributed by atoms with van der Waals surface area (Å²) in [6, 6.07) is 3.03. The molecule has 1 aromatic heterocycles. The van der Waals surface area contributed by atoms with Crippen LogP contribution in [0.15, 0.2) is 18.3 Å².